The van der Waals surface area contributed by atoms with E-state index >= 15 is 0 Å². The van der Waals surface area contributed by atoms with Gasteiger partial charge in [0.2, 0.25) is 17.7 Å². The number of benzene rings is 2. The van der Waals surface area contributed by atoms with Gasteiger partial charge in [0.05, 0.1) is 18.2 Å². The summed E-state index contributed by atoms with van der Waals surface area (Å²) in [5.41, 5.74) is 6.01. The van der Waals surface area contributed by atoms with E-state index in [1.54, 1.807) is 38.1 Å². The van der Waals surface area contributed by atoms with E-state index in [-0.39, 0.29) is 19.4 Å². The lowest BCUT2D eigenvalue weighted by atomic mass is 9.95. The monoisotopic (exact) mass is 594 g/mol. The highest BCUT2D eigenvalue weighted by molar-refractivity contribution is 5.96. The van der Waals surface area contributed by atoms with E-state index in [1.807, 2.05) is 36.4 Å². The summed E-state index contributed by atoms with van der Waals surface area (Å²) >= 11 is 0. The zero-order valence-corrected chi connectivity index (χ0v) is 24.8. The Kier molecular flexibility index (Phi) is 12.2. The summed E-state index contributed by atoms with van der Waals surface area (Å²) in [6.07, 6.45) is 2.66. The molecule has 11 heteroatoms. The first-order valence-corrected chi connectivity index (χ1v) is 14.7. The van der Waals surface area contributed by atoms with Gasteiger partial charge in [0.15, 0.2) is 0 Å². The number of nitrogens with two attached hydrogens (primary N) is 1. The van der Waals surface area contributed by atoms with Crippen LogP contribution in [0.15, 0.2) is 60.7 Å². The van der Waals surface area contributed by atoms with Gasteiger partial charge >= 0.3 is 11.9 Å². The van der Waals surface area contributed by atoms with Gasteiger partial charge < -0.3 is 31.1 Å². The van der Waals surface area contributed by atoms with Crippen LogP contribution in [0.4, 0.5) is 0 Å². The number of amides is 3. The van der Waals surface area contributed by atoms with Crippen LogP contribution < -0.4 is 16.4 Å². The number of ether oxygens (including phenoxy) is 1. The molecule has 1 aliphatic heterocycles. The molecule has 0 aromatic heterocycles. The second-order valence-electron chi connectivity index (χ2n) is 11.0. The third-order valence-corrected chi connectivity index (χ3v) is 7.80. The number of nitrogens with one attached hydrogen (secondary N) is 2. The largest absolute Gasteiger partial charge is 0.480 e. The molecule has 5 N–H and O–H groups in total. The smallest absolute Gasteiger partial charge is 0.338 e. The highest BCUT2D eigenvalue weighted by Crippen LogP contribution is 2.20. The van der Waals surface area contributed by atoms with E-state index < -0.39 is 53.3 Å². The Morgan fingerprint density at radius 1 is 1.05 bits per heavy atom. The lowest BCUT2D eigenvalue weighted by Crippen LogP contribution is -2.63. The fourth-order valence-electron chi connectivity index (χ4n) is 4.94. The predicted molar refractivity (Wildman–Crippen MR) is 160 cm³/mol. The minimum absolute atomic E-state index is 0.163. The predicted octanol–water partition coefficient (Wildman–Crippen LogP) is 2.43. The molecule has 2 aromatic carbocycles. The highest BCUT2D eigenvalue weighted by atomic mass is 16.5. The number of likely N-dealkylation sites (tertiary alicyclic amines) is 1. The van der Waals surface area contributed by atoms with Crippen molar-refractivity contribution in [1.82, 2.24) is 15.5 Å². The first-order valence-electron chi connectivity index (χ1n) is 14.7. The molecule has 43 heavy (non-hydrogen) atoms. The van der Waals surface area contributed by atoms with Gasteiger partial charge in [-0.1, -0.05) is 55.5 Å². The zero-order valence-electron chi connectivity index (χ0n) is 24.8. The average molecular weight is 595 g/mol. The molecule has 1 saturated heterocycles. The zero-order chi connectivity index (χ0) is 31.4. The van der Waals surface area contributed by atoms with Gasteiger partial charge in [0.1, 0.15) is 17.6 Å². The number of carbonyl (C=O) groups is 5. The molecule has 0 radical (unpaired) electrons. The first kappa shape index (κ1) is 33.3. The molecule has 0 saturated carbocycles. The Morgan fingerprint density at radius 3 is 2.33 bits per heavy atom. The number of aliphatic carboxylic acids is 1. The quantitative estimate of drug-likeness (QED) is 0.180. The van der Waals surface area contributed by atoms with E-state index in [4.69, 9.17) is 10.5 Å². The van der Waals surface area contributed by atoms with Crippen LogP contribution in [0.25, 0.3) is 0 Å². The maximum absolute atomic E-state index is 13.6. The van der Waals surface area contributed by atoms with Crippen molar-refractivity contribution in [2.24, 2.45) is 5.73 Å². The second kappa shape index (κ2) is 15.8. The molecule has 0 bridgehead atoms. The van der Waals surface area contributed by atoms with Gasteiger partial charge in [-0.05, 0) is 63.1 Å². The molecule has 1 fully saturated rings. The molecule has 1 heterocycles. The number of nitrogens with zero attached hydrogens (tertiary/aromatic N) is 1. The first-order chi connectivity index (χ1) is 20.6. The number of carboxylic acid groups (broad SMARTS) is 1. The van der Waals surface area contributed by atoms with Crippen molar-refractivity contribution in [1.29, 1.82) is 0 Å². The highest BCUT2D eigenvalue weighted by Gasteiger charge is 2.41. The number of carbonyl (C=O) groups excluding carboxylic acids is 4. The fourth-order valence-corrected chi connectivity index (χ4v) is 4.94. The number of esters is 1. The Morgan fingerprint density at radius 2 is 1.70 bits per heavy atom. The standard InChI is InChI=1S/C32H42N4O7/c1-3-32(2,35-27(37)24(33)17-10-11-20-43-30(41)23-15-8-5-9-16-23)31(42)34-25(21-22-13-6-4-7-14-22)28(38)36-19-12-18-26(36)29(39)40/h4-9,13-16,24-26H,3,10-12,17-21,33H2,1-2H3,(H,34,42)(H,35,37)(H,39,40)/t24-,25-,26+,32+/m0/s1. The van der Waals surface area contributed by atoms with Crippen LogP contribution in [0.2, 0.25) is 0 Å². The summed E-state index contributed by atoms with van der Waals surface area (Å²) in [5, 5.41) is 15.1. The van der Waals surface area contributed by atoms with Gasteiger partial charge in [-0.15, -0.1) is 0 Å². The van der Waals surface area contributed by atoms with Crippen LogP contribution in [0.3, 0.4) is 0 Å². The van der Waals surface area contributed by atoms with E-state index in [2.05, 4.69) is 10.6 Å². The minimum Gasteiger partial charge on any atom is -0.480 e. The van der Waals surface area contributed by atoms with Crippen LogP contribution in [0.5, 0.6) is 0 Å². The summed E-state index contributed by atoms with van der Waals surface area (Å²) < 4.78 is 5.26. The molecular formula is C32H42N4O7. The van der Waals surface area contributed by atoms with Gasteiger partial charge in [-0.3, -0.25) is 14.4 Å². The average Bonchev–Trinajstić information content (AvgIpc) is 3.51. The summed E-state index contributed by atoms with van der Waals surface area (Å²) in [4.78, 5) is 65.2. The molecule has 3 amide bonds. The molecule has 3 rings (SSSR count). The van der Waals surface area contributed by atoms with Gasteiger partial charge in [-0.2, -0.15) is 0 Å². The summed E-state index contributed by atoms with van der Waals surface area (Å²) in [6, 6.07) is 14.9. The van der Waals surface area contributed by atoms with Gasteiger partial charge in [0.25, 0.3) is 0 Å². The topological polar surface area (TPSA) is 168 Å². The van der Waals surface area contributed by atoms with Crippen molar-refractivity contribution in [2.45, 2.75) is 82.5 Å². The summed E-state index contributed by atoms with van der Waals surface area (Å²) in [7, 11) is 0. The maximum atomic E-state index is 13.6. The summed E-state index contributed by atoms with van der Waals surface area (Å²) in [6.45, 7) is 3.78. The van der Waals surface area contributed by atoms with Crippen LogP contribution >= 0.6 is 0 Å². The molecule has 0 aliphatic carbocycles. The van der Waals surface area contributed by atoms with E-state index in [9.17, 15) is 29.1 Å². The van der Waals surface area contributed by atoms with Crippen molar-refractivity contribution in [3.63, 3.8) is 0 Å². The molecule has 2 aromatic rings. The normalized spacial score (nSPS) is 17.3. The Labute approximate surface area is 252 Å². The SMILES string of the molecule is CC[C@@](C)(NC(=O)[C@@H](N)CCCCOC(=O)c1ccccc1)C(=O)N[C@@H](Cc1ccccc1)C(=O)N1CCC[C@@H]1C(=O)O. The molecule has 232 valence electrons. The maximum Gasteiger partial charge on any atom is 0.338 e. The Balaban J connectivity index is 1.57. The van der Waals surface area contributed by atoms with Crippen molar-refractivity contribution in [3.05, 3.63) is 71.8 Å². The molecule has 11 nitrogen and oxygen atoms in total. The fraction of sp³-hybridized carbons (Fsp3) is 0.469. The number of rotatable bonds is 15. The Hall–Kier alpha value is -4.25. The van der Waals surface area contributed by atoms with Gasteiger partial charge in [0, 0.05) is 13.0 Å². The molecular weight excluding hydrogens is 552 g/mol. The van der Waals surface area contributed by atoms with E-state index in [0.29, 0.717) is 44.2 Å². The van der Waals surface area contributed by atoms with E-state index in [0.717, 1.165) is 5.56 Å². The number of unbranched alkanes of at least 4 members (excludes halogenated alkanes) is 1. The lowest BCUT2D eigenvalue weighted by Gasteiger charge is -2.33. The van der Waals surface area contributed by atoms with Crippen LogP contribution in [0, 0.1) is 0 Å². The van der Waals surface area contributed by atoms with Crippen molar-refractivity contribution < 1.29 is 33.8 Å². The minimum atomic E-state index is -1.37. The molecule has 1 aliphatic rings. The van der Waals surface area contributed by atoms with Crippen LogP contribution in [-0.2, 0) is 30.3 Å². The number of hydrogen-bond donors (Lipinski definition) is 4. The molecule has 0 unspecified atom stereocenters. The summed E-state index contributed by atoms with van der Waals surface area (Å²) in [5.74, 6) is -3.05. The number of hydrogen-bond acceptors (Lipinski definition) is 7. The second-order valence-corrected chi connectivity index (χ2v) is 11.0. The van der Waals surface area contributed by atoms with E-state index in [1.165, 1.54) is 4.90 Å². The van der Waals surface area contributed by atoms with Crippen LogP contribution in [0.1, 0.15) is 68.3 Å². The van der Waals surface area contributed by atoms with Gasteiger partial charge in [-0.25, -0.2) is 9.59 Å². The third kappa shape index (κ3) is 9.37. The molecule has 0 spiro atoms. The Bertz CT molecular complexity index is 1260. The molecule has 4 atom stereocenters. The third-order valence-electron chi connectivity index (χ3n) is 7.80. The van der Waals surface area contributed by atoms with Crippen molar-refractivity contribution in [2.75, 3.05) is 13.2 Å². The van der Waals surface area contributed by atoms with Crippen LogP contribution in [-0.4, -0.2) is 76.5 Å². The van der Waals surface area contributed by atoms with Crippen molar-refractivity contribution in [3.8, 4) is 0 Å². The number of carboxylic acids is 1. The lowest BCUT2D eigenvalue weighted by molar-refractivity contribution is -0.149. The van der Waals surface area contributed by atoms with Crippen molar-refractivity contribution >= 4 is 29.7 Å².